The molecule has 1 saturated carbocycles. The van der Waals surface area contributed by atoms with E-state index in [1.54, 1.807) is 24.3 Å². The number of aliphatic hydroxyl groups is 1. The third-order valence-electron chi connectivity index (χ3n) is 7.35. The van der Waals surface area contributed by atoms with Crippen molar-refractivity contribution in [3.05, 3.63) is 83.6 Å². The third kappa shape index (κ3) is 5.33. The van der Waals surface area contributed by atoms with E-state index in [1.165, 1.54) is 18.2 Å². The lowest BCUT2D eigenvalue weighted by atomic mass is 9.72. The van der Waals surface area contributed by atoms with Gasteiger partial charge in [0, 0.05) is 17.5 Å². The summed E-state index contributed by atoms with van der Waals surface area (Å²) in [5, 5.41) is 20.6. The molecular weight excluding hydrogens is 494 g/mol. The summed E-state index contributed by atoms with van der Waals surface area (Å²) < 4.78 is 34.3. The van der Waals surface area contributed by atoms with Crippen LogP contribution in [0, 0.1) is 17.8 Å². The summed E-state index contributed by atoms with van der Waals surface area (Å²) in [5.74, 6) is -2.33. The first-order valence-corrected chi connectivity index (χ1v) is 14.0. The zero-order chi connectivity index (χ0) is 26.2. The minimum atomic E-state index is -4.05. The lowest BCUT2D eigenvalue weighted by Gasteiger charge is -2.39. The summed E-state index contributed by atoms with van der Waals surface area (Å²) >= 11 is 0. The summed E-state index contributed by atoms with van der Waals surface area (Å²) in [7, 11) is -4.05. The van der Waals surface area contributed by atoms with Crippen LogP contribution in [-0.2, 0) is 19.6 Å². The Labute approximate surface area is 215 Å². The van der Waals surface area contributed by atoms with Crippen molar-refractivity contribution in [3.63, 3.8) is 0 Å². The monoisotopic (exact) mass is 523 g/mol. The van der Waals surface area contributed by atoms with Crippen LogP contribution in [-0.4, -0.2) is 36.7 Å². The van der Waals surface area contributed by atoms with E-state index in [1.807, 2.05) is 18.2 Å². The molecule has 3 N–H and O–H groups in total. The number of nitrogens with one attached hydrogen (secondary N) is 1. The third-order valence-corrected chi connectivity index (χ3v) is 8.73. The number of esters is 1. The molecule has 4 atom stereocenters. The van der Waals surface area contributed by atoms with Gasteiger partial charge in [-0.3, -0.25) is 9.52 Å². The highest BCUT2D eigenvalue weighted by Crippen LogP contribution is 2.51. The Balaban J connectivity index is 1.44. The molecule has 3 aliphatic rings. The molecule has 1 heterocycles. The molecule has 1 aliphatic heterocycles. The number of allylic oxidation sites excluding steroid dienone is 3. The quantitative estimate of drug-likeness (QED) is 0.457. The van der Waals surface area contributed by atoms with Crippen molar-refractivity contribution in [3.8, 4) is 0 Å². The second kappa shape index (κ2) is 10.1. The van der Waals surface area contributed by atoms with Gasteiger partial charge in [0.15, 0.2) is 0 Å². The average Bonchev–Trinajstić information content (AvgIpc) is 3.68. The topological polar surface area (TPSA) is 130 Å². The lowest BCUT2D eigenvalue weighted by Crippen LogP contribution is -2.45. The molecular formula is C28H29NO7S. The minimum Gasteiger partial charge on any atom is -0.478 e. The van der Waals surface area contributed by atoms with Crippen LogP contribution in [0.5, 0.6) is 0 Å². The number of hydrogen-bond donors (Lipinski definition) is 3. The van der Waals surface area contributed by atoms with E-state index in [0.717, 1.165) is 37.3 Å². The Morgan fingerprint density at radius 2 is 1.86 bits per heavy atom. The zero-order valence-electron chi connectivity index (χ0n) is 20.1. The number of aromatic carboxylic acids is 1. The van der Waals surface area contributed by atoms with E-state index in [0.29, 0.717) is 17.9 Å². The van der Waals surface area contributed by atoms with Gasteiger partial charge in [0.25, 0.3) is 10.0 Å². The van der Waals surface area contributed by atoms with E-state index in [2.05, 4.69) is 4.72 Å². The molecule has 9 heteroatoms. The van der Waals surface area contributed by atoms with E-state index in [4.69, 9.17) is 4.74 Å². The Morgan fingerprint density at radius 3 is 2.62 bits per heavy atom. The highest BCUT2D eigenvalue weighted by Gasteiger charge is 2.50. The molecule has 37 heavy (non-hydrogen) atoms. The maximum atomic E-state index is 13.2. The van der Waals surface area contributed by atoms with E-state index >= 15 is 0 Å². The van der Waals surface area contributed by atoms with Crippen LogP contribution in [0.3, 0.4) is 0 Å². The molecule has 2 aliphatic carbocycles. The van der Waals surface area contributed by atoms with Crippen LogP contribution in [0.2, 0.25) is 0 Å². The minimum absolute atomic E-state index is 0.131. The number of benzene rings is 2. The summed E-state index contributed by atoms with van der Waals surface area (Å²) in [5.41, 5.74) is 0.911. The summed E-state index contributed by atoms with van der Waals surface area (Å²) in [4.78, 5) is 24.3. The molecule has 1 saturated heterocycles. The van der Waals surface area contributed by atoms with Crippen molar-refractivity contribution in [2.24, 2.45) is 17.8 Å². The highest BCUT2D eigenvalue weighted by atomic mass is 32.2. The molecule has 2 aromatic rings. The predicted octanol–water partition coefficient (Wildman–Crippen LogP) is 4.45. The van der Waals surface area contributed by atoms with E-state index in [-0.39, 0.29) is 28.2 Å². The second-order valence-electron chi connectivity index (χ2n) is 9.90. The molecule has 194 valence electrons. The second-order valence-corrected chi connectivity index (χ2v) is 11.6. The van der Waals surface area contributed by atoms with Crippen LogP contribution >= 0.6 is 0 Å². The number of fused-ring (bicyclic) bond motifs is 1. The van der Waals surface area contributed by atoms with Crippen molar-refractivity contribution in [2.45, 2.75) is 49.0 Å². The Hall–Kier alpha value is -3.43. The molecule has 4 unspecified atom stereocenters. The molecule has 0 radical (unpaired) electrons. The molecule has 5 rings (SSSR count). The first kappa shape index (κ1) is 25.2. The maximum absolute atomic E-state index is 13.2. The number of hydrogen-bond acceptors (Lipinski definition) is 6. The number of carbonyl (C=O) groups excluding carboxylic acids is 1. The first-order chi connectivity index (χ1) is 17.7. The van der Waals surface area contributed by atoms with E-state index < -0.39 is 34.0 Å². The van der Waals surface area contributed by atoms with Gasteiger partial charge in [-0.15, -0.1) is 0 Å². The van der Waals surface area contributed by atoms with Gasteiger partial charge >= 0.3 is 11.9 Å². The zero-order valence-corrected chi connectivity index (χ0v) is 20.9. The summed E-state index contributed by atoms with van der Waals surface area (Å²) in [6.07, 6.45) is 9.07. The average molecular weight is 524 g/mol. The number of anilines is 1. The first-order valence-electron chi connectivity index (χ1n) is 12.5. The Morgan fingerprint density at radius 1 is 1.08 bits per heavy atom. The Kier molecular flexibility index (Phi) is 6.92. The van der Waals surface area contributed by atoms with Crippen molar-refractivity contribution < 1.29 is 33.0 Å². The molecule has 0 amide bonds. The number of ether oxygens (including phenoxy) is 1. The van der Waals surface area contributed by atoms with Gasteiger partial charge in [-0.25, -0.2) is 13.2 Å². The van der Waals surface area contributed by atoms with Crippen molar-refractivity contribution >= 4 is 27.6 Å². The largest absolute Gasteiger partial charge is 0.478 e. The summed E-state index contributed by atoms with van der Waals surface area (Å²) in [6, 6.07) is 12.0. The lowest BCUT2D eigenvalue weighted by molar-refractivity contribution is -0.160. The van der Waals surface area contributed by atoms with Gasteiger partial charge in [0.1, 0.15) is 5.76 Å². The van der Waals surface area contributed by atoms with Gasteiger partial charge < -0.3 is 14.9 Å². The predicted molar refractivity (Wildman–Crippen MR) is 136 cm³/mol. The van der Waals surface area contributed by atoms with Crippen molar-refractivity contribution in [1.29, 1.82) is 0 Å². The summed E-state index contributed by atoms with van der Waals surface area (Å²) in [6.45, 7) is 0. The molecule has 0 spiro atoms. The van der Waals surface area contributed by atoms with Gasteiger partial charge in [-0.05, 0) is 80.0 Å². The fraction of sp³-hybridized carbons (Fsp3) is 0.357. The normalized spacial score (nSPS) is 24.6. The number of carboxylic acids is 1. The van der Waals surface area contributed by atoms with Crippen LogP contribution in [0.4, 0.5) is 5.69 Å². The fourth-order valence-corrected chi connectivity index (χ4v) is 6.51. The van der Waals surface area contributed by atoms with Crippen LogP contribution in [0.25, 0.3) is 0 Å². The number of aliphatic hydroxyl groups excluding tert-OH is 1. The number of sulfonamides is 1. The van der Waals surface area contributed by atoms with E-state index in [9.17, 15) is 28.2 Å². The van der Waals surface area contributed by atoms with Gasteiger partial charge in [-0.2, -0.15) is 0 Å². The maximum Gasteiger partial charge on any atom is 0.335 e. The van der Waals surface area contributed by atoms with Gasteiger partial charge in [0.05, 0.1) is 22.5 Å². The SMILES string of the molecule is O=C(O)c1cccc(S(=O)(=O)Nc2cccc(C(C3CC3)C3C(=O)OC4=CC=CCCCC4C3O)c2)c1. The fourth-order valence-electron chi connectivity index (χ4n) is 5.41. The smallest absolute Gasteiger partial charge is 0.335 e. The van der Waals surface area contributed by atoms with Crippen molar-refractivity contribution in [2.75, 3.05) is 4.72 Å². The van der Waals surface area contributed by atoms with Crippen molar-refractivity contribution in [1.82, 2.24) is 0 Å². The molecule has 2 fully saturated rings. The number of carboxylic acid groups (broad SMARTS) is 1. The number of rotatable bonds is 7. The molecule has 2 aromatic carbocycles. The number of carbonyl (C=O) groups is 2. The molecule has 0 bridgehead atoms. The Bertz CT molecular complexity index is 1380. The van der Waals surface area contributed by atoms with Gasteiger partial charge in [0.2, 0.25) is 0 Å². The standard InChI is InChI=1S/C28H29NO7S/c30-26-22-11-3-1-2-4-12-23(22)36-28(33)25(26)24(17-13-14-17)18-7-5-9-20(15-18)29-37(34,35)21-10-6-8-19(16-21)27(31)32/h2,4-10,12,15-17,22,24-26,29-30H,1,3,11,13-14H2,(H,31,32). The van der Waals surface area contributed by atoms with Gasteiger partial charge in [-0.1, -0.05) is 30.4 Å². The van der Waals surface area contributed by atoms with Crippen LogP contribution in [0.15, 0.2) is 77.4 Å². The van der Waals surface area contributed by atoms with Crippen LogP contribution < -0.4 is 4.72 Å². The molecule has 8 nitrogen and oxygen atoms in total. The highest BCUT2D eigenvalue weighted by molar-refractivity contribution is 7.92. The van der Waals surface area contributed by atoms with Crippen LogP contribution in [0.1, 0.15) is 53.9 Å². The molecule has 0 aromatic heterocycles.